The smallest absolute Gasteiger partial charge is 0.0111 e. The molecule has 13 heavy (non-hydrogen) atoms. The summed E-state index contributed by atoms with van der Waals surface area (Å²) in [6, 6.07) is 0. The average molecular weight is 178 g/mol. The Bertz CT molecular complexity index is 234. The van der Waals surface area contributed by atoms with E-state index < -0.39 is 0 Å². The van der Waals surface area contributed by atoms with Crippen molar-refractivity contribution in [3.63, 3.8) is 0 Å². The lowest BCUT2D eigenvalue weighted by atomic mass is 9.57. The van der Waals surface area contributed by atoms with Crippen LogP contribution in [0.25, 0.3) is 0 Å². The minimum absolute atomic E-state index is 0.493. The van der Waals surface area contributed by atoms with Crippen LogP contribution in [0.2, 0.25) is 0 Å². The van der Waals surface area contributed by atoms with Gasteiger partial charge < -0.3 is 0 Å². The summed E-state index contributed by atoms with van der Waals surface area (Å²) in [6.45, 7) is 7.35. The Balaban J connectivity index is 2.36. The SMILES string of the molecule is CC1(C)CCCC2(C)CCCC=C12. The summed E-state index contributed by atoms with van der Waals surface area (Å²) < 4.78 is 0. The molecule has 0 amide bonds. The van der Waals surface area contributed by atoms with Crippen LogP contribution in [0.5, 0.6) is 0 Å². The maximum Gasteiger partial charge on any atom is -0.0111 e. The van der Waals surface area contributed by atoms with E-state index in [9.17, 15) is 0 Å². The van der Waals surface area contributed by atoms with Crippen molar-refractivity contribution < 1.29 is 0 Å². The quantitative estimate of drug-likeness (QED) is 0.485. The first-order valence-electron chi connectivity index (χ1n) is 5.76. The Labute approximate surface area is 82.4 Å². The van der Waals surface area contributed by atoms with Gasteiger partial charge in [-0.1, -0.05) is 38.8 Å². The Morgan fingerprint density at radius 2 is 1.69 bits per heavy atom. The van der Waals surface area contributed by atoms with Gasteiger partial charge in [0.1, 0.15) is 0 Å². The van der Waals surface area contributed by atoms with Gasteiger partial charge in [-0.05, 0) is 42.9 Å². The van der Waals surface area contributed by atoms with Gasteiger partial charge in [0.15, 0.2) is 0 Å². The van der Waals surface area contributed by atoms with Gasteiger partial charge in [-0.2, -0.15) is 0 Å². The van der Waals surface area contributed by atoms with Gasteiger partial charge in [0.25, 0.3) is 0 Å². The fourth-order valence-electron chi connectivity index (χ4n) is 3.53. The fraction of sp³-hybridized carbons (Fsp3) is 0.846. The molecular weight excluding hydrogens is 156 g/mol. The van der Waals surface area contributed by atoms with Gasteiger partial charge in [-0.3, -0.25) is 0 Å². The molecule has 0 aromatic rings. The van der Waals surface area contributed by atoms with Crippen LogP contribution in [-0.4, -0.2) is 0 Å². The highest BCUT2D eigenvalue weighted by Crippen LogP contribution is 2.54. The predicted molar refractivity (Wildman–Crippen MR) is 57.7 cm³/mol. The molecule has 1 atom stereocenters. The lowest BCUT2D eigenvalue weighted by molar-refractivity contribution is 0.174. The standard InChI is InChI=1S/C13H22/c1-12(2)8-6-10-13(3)9-5-4-7-11(12)13/h7H,4-6,8-10H2,1-3H3. The minimum atomic E-state index is 0.493. The lowest BCUT2D eigenvalue weighted by Crippen LogP contribution is -2.35. The molecule has 0 nitrogen and oxygen atoms in total. The van der Waals surface area contributed by atoms with E-state index in [0.29, 0.717) is 10.8 Å². The monoisotopic (exact) mass is 178 g/mol. The van der Waals surface area contributed by atoms with Gasteiger partial charge in [-0.25, -0.2) is 0 Å². The maximum absolute atomic E-state index is 2.54. The molecule has 1 fully saturated rings. The lowest BCUT2D eigenvalue weighted by Gasteiger charge is -2.48. The maximum atomic E-state index is 2.54. The molecule has 0 bridgehead atoms. The zero-order valence-electron chi connectivity index (χ0n) is 9.32. The summed E-state index contributed by atoms with van der Waals surface area (Å²) in [5.41, 5.74) is 2.84. The van der Waals surface area contributed by atoms with Gasteiger partial charge in [0.2, 0.25) is 0 Å². The molecule has 0 aromatic carbocycles. The molecule has 0 N–H and O–H groups in total. The number of hydrogen-bond donors (Lipinski definition) is 0. The van der Waals surface area contributed by atoms with Crippen molar-refractivity contribution in [1.82, 2.24) is 0 Å². The fourth-order valence-corrected chi connectivity index (χ4v) is 3.53. The Morgan fingerprint density at radius 3 is 2.38 bits per heavy atom. The van der Waals surface area contributed by atoms with E-state index in [1.165, 1.54) is 38.5 Å². The molecule has 0 heterocycles. The van der Waals surface area contributed by atoms with Crippen molar-refractivity contribution in [2.45, 2.75) is 59.3 Å². The van der Waals surface area contributed by atoms with E-state index >= 15 is 0 Å². The molecule has 1 unspecified atom stereocenters. The third-order valence-electron chi connectivity index (χ3n) is 4.19. The Kier molecular flexibility index (Phi) is 2.05. The van der Waals surface area contributed by atoms with Crippen LogP contribution in [0.1, 0.15) is 59.3 Å². The largest absolute Gasteiger partial charge is 0.0842 e. The highest BCUT2D eigenvalue weighted by Gasteiger charge is 2.41. The molecule has 2 rings (SSSR count). The van der Waals surface area contributed by atoms with E-state index in [1.807, 2.05) is 0 Å². The molecular formula is C13H22. The highest BCUT2D eigenvalue weighted by atomic mass is 14.5. The Morgan fingerprint density at radius 1 is 1.00 bits per heavy atom. The summed E-state index contributed by atoms with van der Waals surface area (Å²) in [5, 5.41) is 0. The van der Waals surface area contributed by atoms with Crippen molar-refractivity contribution in [2.75, 3.05) is 0 Å². The first-order chi connectivity index (χ1) is 6.05. The van der Waals surface area contributed by atoms with Gasteiger partial charge in [0, 0.05) is 0 Å². The van der Waals surface area contributed by atoms with Crippen molar-refractivity contribution >= 4 is 0 Å². The third kappa shape index (κ3) is 1.45. The number of hydrogen-bond acceptors (Lipinski definition) is 0. The second kappa shape index (κ2) is 2.87. The van der Waals surface area contributed by atoms with Crippen LogP contribution < -0.4 is 0 Å². The molecule has 0 aliphatic heterocycles. The Hall–Kier alpha value is -0.260. The average Bonchev–Trinajstić information content (AvgIpc) is 2.02. The summed E-state index contributed by atoms with van der Waals surface area (Å²) in [4.78, 5) is 0. The predicted octanol–water partition coefficient (Wildman–Crippen LogP) is 4.31. The normalized spacial score (nSPS) is 37.9. The van der Waals surface area contributed by atoms with E-state index in [2.05, 4.69) is 26.8 Å². The first-order valence-corrected chi connectivity index (χ1v) is 5.76. The van der Waals surface area contributed by atoms with Crippen LogP contribution in [0.4, 0.5) is 0 Å². The molecule has 0 radical (unpaired) electrons. The van der Waals surface area contributed by atoms with Crippen LogP contribution in [-0.2, 0) is 0 Å². The summed E-state index contributed by atoms with van der Waals surface area (Å²) in [6.07, 6.45) is 11.0. The molecule has 2 aliphatic rings. The molecule has 0 spiro atoms. The van der Waals surface area contributed by atoms with Crippen LogP contribution in [0.3, 0.4) is 0 Å². The summed E-state index contributed by atoms with van der Waals surface area (Å²) in [5.74, 6) is 0. The molecule has 1 saturated carbocycles. The molecule has 0 aromatic heterocycles. The molecule has 2 aliphatic carbocycles. The topological polar surface area (TPSA) is 0 Å². The number of allylic oxidation sites excluding steroid dienone is 2. The van der Waals surface area contributed by atoms with Crippen molar-refractivity contribution in [3.05, 3.63) is 11.6 Å². The van der Waals surface area contributed by atoms with Crippen LogP contribution >= 0.6 is 0 Å². The van der Waals surface area contributed by atoms with E-state index in [1.54, 1.807) is 5.57 Å². The van der Waals surface area contributed by atoms with Crippen LogP contribution in [0.15, 0.2) is 11.6 Å². The zero-order valence-corrected chi connectivity index (χ0v) is 9.32. The third-order valence-corrected chi connectivity index (χ3v) is 4.19. The van der Waals surface area contributed by atoms with E-state index in [4.69, 9.17) is 0 Å². The van der Waals surface area contributed by atoms with Crippen LogP contribution in [0, 0.1) is 10.8 Å². The van der Waals surface area contributed by atoms with Gasteiger partial charge >= 0.3 is 0 Å². The second-order valence-corrected chi connectivity index (χ2v) is 5.81. The molecule has 0 saturated heterocycles. The van der Waals surface area contributed by atoms with Gasteiger partial charge in [-0.15, -0.1) is 0 Å². The summed E-state index contributed by atoms with van der Waals surface area (Å²) in [7, 11) is 0. The zero-order chi connectivity index (χ0) is 9.53. The first kappa shape index (κ1) is 9.30. The number of rotatable bonds is 0. The van der Waals surface area contributed by atoms with Crippen molar-refractivity contribution in [2.24, 2.45) is 10.8 Å². The molecule has 74 valence electrons. The number of fused-ring (bicyclic) bond motifs is 1. The summed E-state index contributed by atoms with van der Waals surface area (Å²) >= 11 is 0. The van der Waals surface area contributed by atoms with E-state index in [-0.39, 0.29) is 0 Å². The van der Waals surface area contributed by atoms with Crippen molar-refractivity contribution in [3.8, 4) is 0 Å². The van der Waals surface area contributed by atoms with Gasteiger partial charge in [0.05, 0.1) is 0 Å². The minimum Gasteiger partial charge on any atom is -0.0842 e. The van der Waals surface area contributed by atoms with E-state index in [0.717, 1.165) is 0 Å². The second-order valence-electron chi connectivity index (χ2n) is 5.81. The highest BCUT2D eigenvalue weighted by molar-refractivity contribution is 5.25. The van der Waals surface area contributed by atoms with Crippen molar-refractivity contribution in [1.29, 1.82) is 0 Å². The molecule has 0 heteroatoms.